The number of piperazine rings is 1. The molecular formula is C17H26N4O2S. The van der Waals surface area contributed by atoms with E-state index in [1.807, 2.05) is 11.8 Å². The second-order valence-electron chi connectivity index (χ2n) is 7.27. The molecule has 0 spiro atoms. The van der Waals surface area contributed by atoms with Crippen LogP contribution >= 0.6 is 11.3 Å². The van der Waals surface area contributed by atoms with Crippen LogP contribution in [0.2, 0.25) is 0 Å². The van der Waals surface area contributed by atoms with Gasteiger partial charge in [-0.25, -0.2) is 4.98 Å². The third kappa shape index (κ3) is 3.19. The number of hydrogen-bond donors (Lipinski definition) is 1. The minimum atomic E-state index is -0.415. The number of carbonyl (C=O) groups excluding carboxylic acids is 2. The highest BCUT2D eigenvalue weighted by Gasteiger charge is 2.42. The molecule has 0 radical (unpaired) electrons. The maximum absolute atomic E-state index is 12.9. The summed E-state index contributed by atoms with van der Waals surface area (Å²) in [6.45, 7) is 7.48. The molecule has 0 bridgehead atoms. The number of nitrogens with two attached hydrogens (primary N) is 1. The van der Waals surface area contributed by atoms with Gasteiger partial charge in [-0.15, -0.1) is 11.3 Å². The Morgan fingerprint density at radius 1 is 1.50 bits per heavy atom. The summed E-state index contributed by atoms with van der Waals surface area (Å²) in [5, 5.41) is 2.57. The summed E-state index contributed by atoms with van der Waals surface area (Å²) in [5.41, 5.74) is 6.59. The number of rotatable bonds is 4. The first-order valence-electron chi connectivity index (χ1n) is 8.71. The normalized spacial score (nSPS) is 25.3. The predicted molar refractivity (Wildman–Crippen MR) is 93.7 cm³/mol. The van der Waals surface area contributed by atoms with Gasteiger partial charge in [0, 0.05) is 24.5 Å². The van der Waals surface area contributed by atoms with Gasteiger partial charge in [-0.3, -0.25) is 9.59 Å². The van der Waals surface area contributed by atoms with Crippen molar-refractivity contribution in [3.63, 3.8) is 0 Å². The first-order chi connectivity index (χ1) is 11.4. The molecule has 2 fully saturated rings. The predicted octanol–water partition coefficient (Wildman–Crippen LogP) is 2.02. The molecule has 0 aliphatic carbocycles. The maximum atomic E-state index is 12.9. The van der Waals surface area contributed by atoms with Crippen LogP contribution < -0.4 is 5.73 Å². The fraction of sp³-hybridized carbons (Fsp3) is 0.706. The topological polar surface area (TPSA) is 79.5 Å². The van der Waals surface area contributed by atoms with Crippen molar-refractivity contribution in [3.05, 3.63) is 16.1 Å². The Morgan fingerprint density at radius 2 is 2.25 bits per heavy atom. The van der Waals surface area contributed by atoms with Gasteiger partial charge < -0.3 is 15.5 Å². The zero-order valence-corrected chi connectivity index (χ0v) is 15.4. The number of hydrogen-bond acceptors (Lipinski definition) is 5. The molecule has 2 aliphatic heterocycles. The van der Waals surface area contributed by atoms with Gasteiger partial charge >= 0.3 is 0 Å². The largest absolute Gasteiger partial charge is 0.336 e. The van der Waals surface area contributed by atoms with E-state index in [2.05, 4.69) is 18.8 Å². The van der Waals surface area contributed by atoms with E-state index in [4.69, 9.17) is 5.73 Å². The summed E-state index contributed by atoms with van der Waals surface area (Å²) < 4.78 is 0. The van der Waals surface area contributed by atoms with E-state index in [0.29, 0.717) is 18.2 Å². The molecule has 132 valence electrons. The molecule has 3 rings (SSSR count). The van der Waals surface area contributed by atoms with Crippen LogP contribution in [0.1, 0.15) is 61.6 Å². The lowest BCUT2D eigenvalue weighted by atomic mass is 10.1. The number of carbonyl (C=O) groups is 2. The van der Waals surface area contributed by atoms with Gasteiger partial charge in [0.05, 0.1) is 6.04 Å². The van der Waals surface area contributed by atoms with Crippen molar-refractivity contribution in [2.24, 2.45) is 11.7 Å². The lowest BCUT2D eigenvalue weighted by Gasteiger charge is -2.41. The van der Waals surface area contributed by atoms with Crippen molar-refractivity contribution < 1.29 is 9.59 Å². The summed E-state index contributed by atoms with van der Waals surface area (Å²) in [6, 6.07) is -0.387. The van der Waals surface area contributed by atoms with Crippen LogP contribution in [0.4, 0.5) is 0 Å². The first kappa shape index (κ1) is 17.4. The zero-order chi connectivity index (χ0) is 17.4. The molecule has 0 aromatic carbocycles. The van der Waals surface area contributed by atoms with Crippen LogP contribution in [-0.2, 0) is 4.79 Å². The molecule has 0 saturated carbocycles. The van der Waals surface area contributed by atoms with E-state index < -0.39 is 6.04 Å². The monoisotopic (exact) mass is 350 g/mol. The average Bonchev–Trinajstić information content (AvgIpc) is 3.18. The van der Waals surface area contributed by atoms with E-state index in [9.17, 15) is 9.59 Å². The van der Waals surface area contributed by atoms with Gasteiger partial charge in [-0.1, -0.05) is 13.8 Å². The Bertz CT molecular complexity index is 630. The van der Waals surface area contributed by atoms with Gasteiger partial charge in [0.1, 0.15) is 16.7 Å². The number of fused-ring (bicyclic) bond motifs is 1. The van der Waals surface area contributed by atoms with Crippen LogP contribution in [0.15, 0.2) is 5.38 Å². The molecule has 0 unspecified atom stereocenters. The van der Waals surface area contributed by atoms with Crippen molar-refractivity contribution in [2.75, 3.05) is 13.1 Å². The Balaban J connectivity index is 1.74. The fourth-order valence-electron chi connectivity index (χ4n) is 3.64. The Hall–Kier alpha value is -1.47. The first-order valence-corrected chi connectivity index (χ1v) is 9.59. The molecule has 1 aromatic heterocycles. The lowest BCUT2D eigenvalue weighted by molar-refractivity contribution is -0.141. The summed E-state index contributed by atoms with van der Waals surface area (Å²) in [7, 11) is 0. The number of aromatic nitrogens is 1. The summed E-state index contributed by atoms with van der Waals surface area (Å²) in [4.78, 5) is 33.4. The third-order valence-electron chi connectivity index (χ3n) is 4.94. The Kier molecular flexibility index (Phi) is 4.92. The van der Waals surface area contributed by atoms with Crippen molar-refractivity contribution in [1.82, 2.24) is 14.8 Å². The van der Waals surface area contributed by atoms with Crippen molar-refractivity contribution in [3.8, 4) is 0 Å². The lowest BCUT2D eigenvalue weighted by Crippen LogP contribution is -2.60. The molecule has 2 aliphatic rings. The minimum absolute atomic E-state index is 0.0593. The molecule has 2 amide bonds. The molecule has 2 N–H and O–H groups in total. The smallest absolute Gasteiger partial charge is 0.274 e. The highest BCUT2D eigenvalue weighted by Crippen LogP contribution is 2.28. The van der Waals surface area contributed by atoms with Crippen LogP contribution in [0.25, 0.3) is 0 Å². The molecule has 24 heavy (non-hydrogen) atoms. The van der Waals surface area contributed by atoms with Gasteiger partial charge in [0.2, 0.25) is 5.91 Å². The zero-order valence-electron chi connectivity index (χ0n) is 14.6. The van der Waals surface area contributed by atoms with Crippen LogP contribution in [0, 0.1) is 5.92 Å². The van der Waals surface area contributed by atoms with E-state index >= 15 is 0 Å². The van der Waals surface area contributed by atoms with Gasteiger partial charge in [-0.05, 0) is 32.1 Å². The molecule has 2 saturated heterocycles. The minimum Gasteiger partial charge on any atom is -0.336 e. The van der Waals surface area contributed by atoms with Crippen molar-refractivity contribution in [2.45, 2.75) is 58.2 Å². The second-order valence-corrected chi connectivity index (χ2v) is 8.16. The number of amides is 2. The van der Waals surface area contributed by atoms with Gasteiger partial charge in [-0.2, -0.15) is 0 Å². The standard InChI is InChI=1S/C17H26N4O2S/c1-10(2)7-13(18)15-19-14(9-24-15)17(23)21-8-12-5-4-6-20(12)16(22)11(21)3/h9-13H,4-8,18H2,1-3H3/t11-,12-,13+/m1/s1. The molecule has 7 heteroatoms. The van der Waals surface area contributed by atoms with E-state index in [-0.39, 0.29) is 23.9 Å². The number of thiazole rings is 1. The molecule has 3 atom stereocenters. The van der Waals surface area contributed by atoms with Crippen LogP contribution in [-0.4, -0.2) is 51.8 Å². The SMILES string of the molecule is CC(C)C[C@H](N)c1nc(C(=O)N2C[C@H]3CCCN3C(=O)[C@H]2C)cs1. The number of nitrogens with zero attached hydrogens (tertiary/aromatic N) is 3. The average molecular weight is 350 g/mol. The van der Waals surface area contributed by atoms with E-state index in [0.717, 1.165) is 30.8 Å². The van der Waals surface area contributed by atoms with E-state index in [1.165, 1.54) is 11.3 Å². The molecule has 6 nitrogen and oxygen atoms in total. The third-order valence-corrected chi connectivity index (χ3v) is 5.91. The summed E-state index contributed by atoms with van der Waals surface area (Å²) >= 11 is 1.43. The quantitative estimate of drug-likeness (QED) is 0.901. The highest BCUT2D eigenvalue weighted by atomic mass is 32.1. The Morgan fingerprint density at radius 3 is 2.96 bits per heavy atom. The summed E-state index contributed by atoms with van der Waals surface area (Å²) in [6.07, 6.45) is 2.84. The fourth-order valence-corrected chi connectivity index (χ4v) is 4.45. The molecule has 3 heterocycles. The highest BCUT2D eigenvalue weighted by molar-refractivity contribution is 7.09. The van der Waals surface area contributed by atoms with Crippen LogP contribution in [0.3, 0.4) is 0 Å². The molecular weight excluding hydrogens is 324 g/mol. The van der Waals surface area contributed by atoms with Crippen molar-refractivity contribution >= 4 is 23.2 Å². The van der Waals surface area contributed by atoms with Crippen molar-refractivity contribution in [1.29, 1.82) is 0 Å². The van der Waals surface area contributed by atoms with Gasteiger partial charge in [0.15, 0.2) is 0 Å². The van der Waals surface area contributed by atoms with Crippen LogP contribution in [0.5, 0.6) is 0 Å². The second kappa shape index (κ2) is 6.80. The van der Waals surface area contributed by atoms with Gasteiger partial charge in [0.25, 0.3) is 5.91 Å². The van der Waals surface area contributed by atoms with E-state index in [1.54, 1.807) is 10.3 Å². The summed E-state index contributed by atoms with van der Waals surface area (Å²) in [5.74, 6) is 0.391. The Labute approximate surface area is 147 Å². The maximum Gasteiger partial charge on any atom is 0.274 e. The molecule has 1 aromatic rings.